The van der Waals surface area contributed by atoms with Crippen molar-refractivity contribution in [2.45, 2.75) is 45.2 Å². The number of rotatable bonds is 2. The summed E-state index contributed by atoms with van der Waals surface area (Å²) in [6.07, 6.45) is 4.22. The number of hydrogen-bond acceptors (Lipinski definition) is 2. The quantitative estimate of drug-likeness (QED) is 0.705. The molecule has 1 heterocycles. The summed E-state index contributed by atoms with van der Waals surface area (Å²) >= 11 is 0. The molecule has 0 aromatic carbocycles. The fraction of sp³-hybridized carbons (Fsp3) is 1.00. The lowest BCUT2D eigenvalue weighted by Gasteiger charge is -2.40. The minimum Gasteiger partial charge on any atom is -0.378 e. The van der Waals surface area contributed by atoms with E-state index >= 15 is 0 Å². The van der Waals surface area contributed by atoms with Crippen LogP contribution in [0.25, 0.3) is 0 Å². The summed E-state index contributed by atoms with van der Waals surface area (Å²) < 4.78 is 5.18. The Morgan fingerprint density at radius 2 is 1.69 bits per heavy atom. The van der Waals surface area contributed by atoms with Gasteiger partial charge in [-0.1, -0.05) is 20.3 Å². The second-order valence-corrected chi connectivity index (χ2v) is 4.81. The van der Waals surface area contributed by atoms with E-state index in [4.69, 9.17) is 4.74 Å². The maximum absolute atomic E-state index is 5.18. The summed E-state index contributed by atoms with van der Waals surface area (Å²) in [5, 5.41) is 3.73. The second kappa shape index (κ2) is 3.97. The van der Waals surface area contributed by atoms with Crippen molar-refractivity contribution in [3.8, 4) is 0 Å². The van der Waals surface area contributed by atoms with Crippen LogP contribution in [-0.4, -0.2) is 25.3 Å². The molecular formula is C11H21NO. The first-order valence-electron chi connectivity index (χ1n) is 5.61. The standard InChI is InChI=1S/C11H21NO/c1-8-4-3-5-9(2)11(8)12-10-6-13-7-10/h8-12H,3-7H2,1-2H3. The van der Waals surface area contributed by atoms with Gasteiger partial charge < -0.3 is 10.1 Å². The molecule has 2 unspecified atom stereocenters. The van der Waals surface area contributed by atoms with Gasteiger partial charge in [0.1, 0.15) is 0 Å². The van der Waals surface area contributed by atoms with Crippen molar-refractivity contribution in [2.75, 3.05) is 13.2 Å². The molecule has 0 spiro atoms. The Labute approximate surface area is 81.0 Å². The molecule has 2 fully saturated rings. The minimum atomic E-state index is 0.646. The maximum atomic E-state index is 5.18. The van der Waals surface area contributed by atoms with Crippen molar-refractivity contribution >= 4 is 0 Å². The Morgan fingerprint density at radius 3 is 2.15 bits per heavy atom. The van der Waals surface area contributed by atoms with E-state index in [9.17, 15) is 0 Å². The van der Waals surface area contributed by atoms with Crippen LogP contribution in [0.4, 0.5) is 0 Å². The molecule has 2 rings (SSSR count). The fourth-order valence-corrected chi connectivity index (χ4v) is 2.61. The normalized spacial score (nSPS) is 41.5. The average Bonchev–Trinajstić information content (AvgIpc) is 2.00. The number of hydrogen-bond donors (Lipinski definition) is 1. The van der Waals surface area contributed by atoms with E-state index in [1.807, 2.05) is 0 Å². The Balaban J connectivity index is 1.85. The molecule has 0 aromatic heterocycles. The Morgan fingerprint density at radius 1 is 1.08 bits per heavy atom. The fourth-order valence-electron chi connectivity index (χ4n) is 2.61. The molecule has 0 amide bonds. The molecule has 13 heavy (non-hydrogen) atoms. The molecule has 1 N–H and O–H groups in total. The first-order valence-corrected chi connectivity index (χ1v) is 5.61. The van der Waals surface area contributed by atoms with Crippen molar-refractivity contribution < 1.29 is 4.74 Å². The van der Waals surface area contributed by atoms with Crippen molar-refractivity contribution in [1.29, 1.82) is 0 Å². The van der Waals surface area contributed by atoms with Gasteiger partial charge in [0.2, 0.25) is 0 Å². The van der Waals surface area contributed by atoms with Gasteiger partial charge in [0.15, 0.2) is 0 Å². The highest BCUT2D eigenvalue weighted by Gasteiger charge is 2.31. The second-order valence-electron chi connectivity index (χ2n) is 4.81. The molecule has 0 radical (unpaired) electrons. The largest absolute Gasteiger partial charge is 0.378 e. The summed E-state index contributed by atoms with van der Waals surface area (Å²) in [4.78, 5) is 0. The van der Waals surface area contributed by atoms with Gasteiger partial charge in [-0.2, -0.15) is 0 Å². The molecule has 2 atom stereocenters. The van der Waals surface area contributed by atoms with E-state index in [-0.39, 0.29) is 0 Å². The summed E-state index contributed by atoms with van der Waals surface area (Å²) in [6.45, 7) is 6.62. The topological polar surface area (TPSA) is 21.3 Å². The lowest BCUT2D eigenvalue weighted by atomic mass is 9.78. The van der Waals surface area contributed by atoms with Crippen molar-refractivity contribution in [1.82, 2.24) is 5.32 Å². The summed E-state index contributed by atoms with van der Waals surface area (Å²) in [6, 6.07) is 1.38. The van der Waals surface area contributed by atoms with Crippen LogP contribution in [0.3, 0.4) is 0 Å². The van der Waals surface area contributed by atoms with Crippen LogP contribution >= 0.6 is 0 Å². The summed E-state index contributed by atoms with van der Waals surface area (Å²) in [5.41, 5.74) is 0. The zero-order valence-corrected chi connectivity index (χ0v) is 8.75. The molecule has 1 aliphatic carbocycles. The van der Waals surface area contributed by atoms with E-state index in [0.29, 0.717) is 6.04 Å². The summed E-state index contributed by atoms with van der Waals surface area (Å²) in [7, 11) is 0. The zero-order valence-electron chi connectivity index (χ0n) is 8.75. The predicted molar refractivity (Wildman–Crippen MR) is 53.7 cm³/mol. The van der Waals surface area contributed by atoms with Gasteiger partial charge in [0.05, 0.1) is 19.3 Å². The SMILES string of the molecule is CC1CCCC(C)C1NC1COC1. The van der Waals surface area contributed by atoms with E-state index in [1.165, 1.54) is 19.3 Å². The van der Waals surface area contributed by atoms with Gasteiger partial charge in [0.25, 0.3) is 0 Å². The maximum Gasteiger partial charge on any atom is 0.0643 e. The molecule has 1 saturated heterocycles. The first kappa shape index (κ1) is 9.47. The van der Waals surface area contributed by atoms with Crippen LogP contribution in [-0.2, 0) is 4.74 Å². The Hall–Kier alpha value is -0.0800. The van der Waals surface area contributed by atoms with E-state index < -0.39 is 0 Å². The van der Waals surface area contributed by atoms with Crippen molar-refractivity contribution in [3.63, 3.8) is 0 Å². The number of nitrogens with one attached hydrogen (secondary N) is 1. The van der Waals surface area contributed by atoms with Gasteiger partial charge in [-0.25, -0.2) is 0 Å². The van der Waals surface area contributed by atoms with E-state index in [2.05, 4.69) is 19.2 Å². The zero-order chi connectivity index (χ0) is 9.26. The summed E-state index contributed by atoms with van der Waals surface area (Å²) in [5.74, 6) is 1.70. The predicted octanol–water partition coefficient (Wildman–Crippen LogP) is 1.80. The molecule has 1 saturated carbocycles. The van der Waals surface area contributed by atoms with Crippen molar-refractivity contribution in [3.05, 3.63) is 0 Å². The van der Waals surface area contributed by atoms with Crippen LogP contribution in [0, 0.1) is 11.8 Å². The highest BCUT2D eigenvalue weighted by molar-refractivity contribution is 4.87. The third-order valence-corrected chi connectivity index (χ3v) is 3.61. The molecule has 1 aliphatic heterocycles. The van der Waals surface area contributed by atoms with Crippen molar-refractivity contribution in [2.24, 2.45) is 11.8 Å². The van der Waals surface area contributed by atoms with Gasteiger partial charge in [-0.3, -0.25) is 0 Å². The third-order valence-electron chi connectivity index (χ3n) is 3.61. The third kappa shape index (κ3) is 2.05. The van der Waals surface area contributed by atoms with Gasteiger partial charge in [-0.05, 0) is 24.7 Å². The first-order chi connectivity index (χ1) is 6.27. The van der Waals surface area contributed by atoms with Crippen LogP contribution in [0.15, 0.2) is 0 Å². The lowest BCUT2D eigenvalue weighted by molar-refractivity contribution is -0.0193. The lowest BCUT2D eigenvalue weighted by Crippen LogP contribution is -2.55. The van der Waals surface area contributed by atoms with E-state index in [0.717, 1.165) is 31.1 Å². The molecule has 0 bridgehead atoms. The van der Waals surface area contributed by atoms with Crippen LogP contribution < -0.4 is 5.32 Å². The number of ether oxygens (including phenoxy) is 1. The Bertz CT molecular complexity index is 157. The molecular weight excluding hydrogens is 162 g/mol. The molecule has 0 aromatic rings. The monoisotopic (exact) mass is 183 g/mol. The highest BCUT2D eigenvalue weighted by Crippen LogP contribution is 2.29. The highest BCUT2D eigenvalue weighted by atomic mass is 16.5. The van der Waals surface area contributed by atoms with Gasteiger partial charge in [-0.15, -0.1) is 0 Å². The van der Waals surface area contributed by atoms with Gasteiger partial charge >= 0.3 is 0 Å². The minimum absolute atomic E-state index is 0.646. The smallest absolute Gasteiger partial charge is 0.0643 e. The van der Waals surface area contributed by atoms with Crippen LogP contribution in [0.2, 0.25) is 0 Å². The molecule has 2 aliphatic rings. The van der Waals surface area contributed by atoms with Crippen LogP contribution in [0.5, 0.6) is 0 Å². The van der Waals surface area contributed by atoms with E-state index in [1.54, 1.807) is 0 Å². The average molecular weight is 183 g/mol. The van der Waals surface area contributed by atoms with Gasteiger partial charge in [0, 0.05) is 6.04 Å². The molecule has 2 heteroatoms. The molecule has 2 nitrogen and oxygen atoms in total. The van der Waals surface area contributed by atoms with Crippen LogP contribution in [0.1, 0.15) is 33.1 Å². The Kier molecular flexibility index (Phi) is 2.89. The molecule has 76 valence electrons.